The third-order valence-electron chi connectivity index (χ3n) is 7.57. The summed E-state index contributed by atoms with van der Waals surface area (Å²) in [5.41, 5.74) is 2.07. The highest BCUT2D eigenvalue weighted by Gasteiger charge is 2.43. The zero-order valence-electron chi connectivity index (χ0n) is 20.9. The van der Waals surface area contributed by atoms with Gasteiger partial charge < -0.3 is 23.6 Å². The molecule has 4 heterocycles. The van der Waals surface area contributed by atoms with E-state index in [4.69, 9.17) is 18.7 Å². The number of ether oxygens (including phenoxy) is 3. The van der Waals surface area contributed by atoms with Gasteiger partial charge in [0.2, 0.25) is 5.95 Å². The van der Waals surface area contributed by atoms with Crippen molar-refractivity contribution >= 4 is 11.9 Å². The van der Waals surface area contributed by atoms with Crippen LogP contribution >= 0.6 is 0 Å². The van der Waals surface area contributed by atoms with Crippen LogP contribution in [-0.2, 0) is 16.1 Å². The van der Waals surface area contributed by atoms with Crippen molar-refractivity contribution in [3.05, 3.63) is 53.5 Å². The van der Waals surface area contributed by atoms with Crippen LogP contribution in [0.5, 0.6) is 5.75 Å². The Labute approximate surface area is 218 Å². The summed E-state index contributed by atoms with van der Waals surface area (Å²) in [7, 11) is 1.33. The number of alkyl halides is 2. The predicted octanol–water partition coefficient (Wildman–Crippen LogP) is 5.11. The lowest BCUT2D eigenvalue weighted by Gasteiger charge is -2.38. The van der Waals surface area contributed by atoms with E-state index in [-0.39, 0.29) is 36.5 Å². The summed E-state index contributed by atoms with van der Waals surface area (Å²) < 4.78 is 47.7. The third kappa shape index (κ3) is 4.82. The number of anilines is 1. The van der Waals surface area contributed by atoms with E-state index in [2.05, 4.69) is 20.0 Å². The molecule has 0 radical (unpaired) electrons. The molecule has 11 heteroatoms. The van der Waals surface area contributed by atoms with Crippen molar-refractivity contribution in [2.45, 2.75) is 75.8 Å². The van der Waals surface area contributed by atoms with E-state index < -0.39 is 12.6 Å². The van der Waals surface area contributed by atoms with Gasteiger partial charge in [-0.25, -0.2) is 14.8 Å². The molecule has 2 bridgehead atoms. The molecular weight excluding hydrogens is 498 g/mol. The number of hydrogen-bond acceptors (Lipinski definition) is 9. The van der Waals surface area contributed by atoms with Crippen molar-refractivity contribution < 1.29 is 32.3 Å². The van der Waals surface area contributed by atoms with Crippen LogP contribution in [0.15, 0.2) is 41.2 Å². The smallest absolute Gasteiger partial charge is 0.387 e. The Morgan fingerprint density at radius 1 is 1.11 bits per heavy atom. The van der Waals surface area contributed by atoms with Crippen molar-refractivity contribution in [2.24, 2.45) is 0 Å². The highest BCUT2D eigenvalue weighted by Crippen LogP contribution is 2.46. The van der Waals surface area contributed by atoms with Crippen LogP contribution in [0.25, 0.3) is 11.3 Å². The Hall–Kier alpha value is -3.60. The Morgan fingerprint density at radius 3 is 2.47 bits per heavy atom. The van der Waals surface area contributed by atoms with Crippen LogP contribution in [0.1, 0.15) is 66.1 Å². The maximum Gasteiger partial charge on any atom is 0.387 e. The number of fused-ring (bicyclic) bond motifs is 2. The van der Waals surface area contributed by atoms with Gasteiger partial charge in [0, 0.05) is 41.5 Å². The van der Waals surface area contributed by atoms with Crippen molar-refractivity contribution in [2.75, 3.05) is 12.0 Å². The molecule has 0 spiro atoms. The molecule has 1 aromatic carbocycles. The van der Waals surface area contributed by atoms with Gasteiger partial charge in [-0.3, -0.25) is 0 Å². The predicted molar refractivity (Wildman–Crippen MR) is 131 cm³/mol. The van der Waals surface area contributed by atoms with Gasteiger partial charge in [0.15, 0.2) is 0 Å². The van der Waals surface area contributed by atoms with E-state index >= 15 is 0 Å². The fraction of sp³-hybridized carbons (Fsp3) is 0.481. The molecule has 6 rings (SSSR count). The largest absolute Gasteiger partial charge is 0.465 e. The van der Waals surface area contributed by atoms with Crippen molar-refractivity contribution in [1.29, 1.82) is 0 Å². The third-order valence-corrected chi connectivity index (χ3v) is 7.57. The summed E-state index contributed by atoms with van der Waals surface area (Å²) in [5, 5.41) is 4.26. The van der Waals surface area contributed by atoms with Gasteiger partial charge in [-0.2, -0.15) is 8.78 Å². The number of carbonyl (C=O) groups excluding carboxylic acids is 1. The van der Waals surface area contributed by atoms with Gasteiger partial charge in [0.05, 0.1) is 25.4 Å². The first-order valence-corrected chi connectivity index (χ1v) is 12.8. The van der Waals surface area contributed by atoms with Crippen molar-refractivity contribution in [3.63, 3.8) is 0 Å². The van der Waals surface area contributed by atoms with Gasteiger partial charge >= 0.3 is 12.6 Å². The topological polar surface area (TPSA) is 99.8 Å². The first kappa shape index (κ1) is 24.7. The van der Waals surface area contributed by atoms with Crippen LogP contribution in [-0.4, -0.2) is 53.0 Å². The second-order valence-electron chi connectivity index (χ2n) is 9.98. The minimum absolute atomic E-state index is 0.0143. The van der Waals surface area contributed by atoms with Gasteiger partial charge in [-0.05, 0) is 50.7 Å². The molecule has 0 N–H and O–H groups in total. The lowest BCUT2D eigenvalue weighted by atomic mass is 9.99. The number of aromatic nitrogens is 3. The molecule has 1 aliphatic carbocycles. The SMILES string of the molecule is COC(=O)c1cnc(N2C3CCC2CC(OCc2c(-c4ccccc4OC(F)F)noc2C2CC2)C3)nc1. The minimum atomic E-state index is -2.94. The van der Waals surface area contributed by atoms with Gasteiger partial charge in [0.1, 0.15) is 17.2 Å². The Bertz CT molecular complexity index is 1280. The molecule has 3 aliphatic rings. The molecule has 1 saturated carbocycles. The second-order valence-corrected chi connectivity index (χ2v) is 9.98. The first-order chi connectivity index (χ1) is 18.5. The maximum atomic E-state index is 13.0. The lowest BCUT2D eigenvalue weighted by molar-refractivity contribution is -0.0494. The van der Waals surface area contributed by atoms with Crippen LogP contribution < -0.4 is 9.64 Å². The lowest BCUT2D eigenvalue weighted by Crippen LogP contribution is -2.46. The molecule has 2 aliphatic heterocycles. The standard InChI is InChI=1S/C27H28F2N4O5/c1-35-25(34)16-12-30-27(31-13-16)33-17-8-9-18(33)11-19(10-17)36-14-21-23(32-38-24(21)15-6-7-15)20-4-2-3-5-22(20)37-26(28)29/h2-5,12-13,15,17-19,26H,6-11,14H2,1H3. The maximum absolute atomic E-state index is 13.0. The molecule has 3 fully saturated rings. The van der Waals surface area contributed by atoms with E-state index in [0.717, 1.165) is 49.8 Å². The zero-order valence-corrected chi connectivity index (χ0v) is 20.9. The van der Waals surface area contributed by atoms with Crippen LogP contribution in [0.3, 0.4) is 0 Å². The molecule has 2 saturated heterocycles. The fourth-order valence-corrected chi connectivity index (χ4v) is 5.67. The summed E-state index contributed by atoms with van der Waals surface area (Å²) in [6.07, 6.45) is 8.67. The highest BCUT2D eigenvalue weighted by atomic mass is 19.3. The minimum Gasteiger partial charge on any atom is -0.465 e. The van der Waals surface area contributed by atoms with Crippen molar-refractivity contribution in [3.8, 4) is 17.0 Å². The zero-order chi connectivity index (χ0) is 26.2. The molecule has 3 aromatic rings. The molecule has 38 heavy (non-hydrogen) atoms. The van der Waals surface area contributed by atoms with Gasteiger partial charge in [-0.1, -0.05) is 17.3 Å². The monoisotopic (exact) mass is 526 g/mol. The Morgan fingerprint density at radius 2 is 1.82 bits per heavy atom. The Balaban J connectivity index is 1.17. The molecule has 2 atom stereocenters. The van der Waals surface area contributed by atoms with Crippen LogP contribution in [0.4, 0.5) is 14.7 Å². The van der Waals surface area contributed by atoms with Crippen LogP contribution in [0.2, 0.25) is 0 Å². The molecule has 2 aromatic heterocycles. The summed E-state index contributed by atoms with van der Waals surface area (Å²) in [6.45, 7) is -2.66. The molecule has 2 unspecified atom stereocenters. The summed E-state index contributed by atoms with van der Waals surface area (Å²) in [6, 6.07) is 7.08. The first-order valence-electron chi connectivity index (χ1n) is 12.8. The average molecular weight is 527 g/mol. The number of carbonyl (C=O) groups is 1. The van der Waals surface area contributed by atoms with E-state index in [1.54, 1.807) is 18.2 Å². The number of hydrogen-bond donors (Lipinski definition) is 0. The number of halogens is 2. The number of esters is 1. The van der Waals surface area contributed by atoms with E-state index in [9.17, 15) is 13.6 Å². The number of methoxy groups -OCH3 is 1. The summed E-state index contributed by atoms with van der Waals surface area (Å²) >= 11 is 0. The number of benzene rings is 1. The molecule has 0 amide bonds. The second kappa shape index (κ2) is 10.3. The number of nitrogens with zero attached hydrogens (tertiary/aromatic N) is 4. The van der Waals surface area contributed by atoms with Crippen molar-refractivity contribution in [1.82, 2.24) is 15.1 Å². The Kier molecular flexibility index (Phi) is 6.69. The number of para-hydroxylation sites is 1. The normalized spacial score (nSPS) is 22.6. The van der Waals surface area contributed by atoms with Gasteiger partial charge in [-0.15, -0.1) is 0 Å². The van der Waals surface area contributed by atoms with E-state index in [0.29, 0.717) is 22.8 Å². The van der Waals surface area contributed by atoms with Gasteiger partial charge in [0.25, 0.3) is 0 Å². The quantitative estimate of drug-likeness (QED) is 0.352. The molecule has 200 valence electrons. The highest BCUT2D eigenvalue weighted by molar-refractivity contribution is 5.88. The fourth-order valence-electron chi connectivity index (χ4n) is 5.67. The summed E-state index contributed by atoms with van der Waals surface area (Å²) in [5.74, 6) is 1.25. The number of rotatable bonds is 9. The van der Waals surface area contributed by atoms with E-state index in [1.165, 1.54) is 25.6 Å². The average Bonchev–Trinajstić information content (AvgIpc) is 3.63. The number of piperidine rings is 1. The van der Waals surface area contributed by atoms with E-state index in [1.807, 2.05) is 0 Å². The molecule has 9 nitrogen and oxygen atoms in total. The van der Waals surface area contributed by atoms with Crippen LogP contribution in [0, 0.1) is 0 Å². The molecular formula is C27H28F2N4O5. The summed E-state index contributed by atoms with van der Waals surface area (Å²) in [4.78, 5) is 22.8.